The normalized spacial score (nSPS) is 11.8. The number of ether oxygens (including phenoxy) is 3. The SMILES string of the molecule is COc1ccc(C)cc1Nc1cc(C(=O)Nc2ccc3c(c2)OCO3)ncn1. The minimum absolute atomic E-state index is 0.177. The molecule has 0 fully saturated rings. The van der Waals surface area contributed by atoms with Crippen molar-refractivity contribution >= 4 is 23.1 Å². The zero-order chi connectivity index (χ0) is 19.5. The molecule has 0 bridgehead atoms. The Balaban J connectivity index is 1.52. The molecule has 1 aliphatic heterocycles. The molecule has 1 aliphatic rings. The van der Waals surface area contributed by atoms with Gasteiger partial charge in [-0.2, -0.15) is 0 Å². The molecule has 0 radical (unpaired) electrons. The van der Waals surface area contributed by atoms with E-state index in [4.69, 9.17) is 14.2 Å². The Hall–Kier alpha value is -3.81. The van der Waals surface area contributed by atoms with Crippen LogP contribution in [0, 0.1) is 6.92 Å². The van der Waals surface area contributed by atoms with Gasteiger partial charge in [0.1, 0.15) is 23.6 Å². The van der Waals surface area contributed by atoms with E-state index >= 15 is 0 Å². The number of methoxy groups -OCH3 is 1. The molecule has 0 saturated carbocycles. The van der Waals surface area contributed by atoms with Crippen molar-refractivity contribution in [1.29, 1.82) is 0 Å². The lowest BCUT2D eigenvalue weighted by Gasteiger charge is -2.12. The quantitative estimate of drug-likeness (QED) is 0.701. The predicted molar refractivity (Wildman–Crippen MR) is 104 cm³/mol. The average molecular weight is 378 g/mol. The number of aromatic nitrogens is 2. The highest BCUT2D eigenvalue weighted by Crippen LogP contribution is 2.34. The summed E-state index contributed by atoms with van der Waals surface area (Å²) in [5, 5.41) is 5.96. The molecule has 0 spiro atoms. The van der Waals surface area contributed by atoms with E-state index in [1.807, 2.05) is 25.1 Å². The van der Waals surface area contributed by atoms with Crippen LogP contribution in [0.3, 0.4) is 0 Å². The molecule has 8 heteroatoms. The van der Waals surface area contributed by atoms with Gasteiger partial charge in [-0.25, -0.2) is 9.97 Å². The molecule has 28 heavy (non-hydrogen) atoms. The van der Waals surface area contributed by atoms with Gasteiger partial charge >= 0.3 is 0 Å². The first kappa shape index (κ1) is 17.6. The van der Waals surface area contributed by atoms with Crippen molar-refractivity contribution in [1.82, 2.24) is 9.97 Å². The van der Waals surface area contributed by atoms with Crippen LogP contribution < -0.4 is 24.8 Å². The Morgan fingerprint density at radius 3 is 2.79 bits per heavy atom. The summed E-state index contributed by atoms with van der Waals surface area (Å²) >= 11 is 0. The van der Waals surface area contributed by atoms with Crippen LogP contribution in [0.1, 0.15) is 16.1 Å². The number of nitrogens with zero attached hydrogens (tertiary/aromatic N) is 2. The number of hydrogen-bond acceptors (Lipinski definition) is 7. The molecular formula is C20H18N4O4. The summed E-state index contributed by atoms with van der Waals surface area (Å²) in [6, 6.07) is 12.5. The molecule has 2 heterocycles. The minimum Gasteiger partial charge on any atom is -0.495 e. The number of fused-ring (bicyclic) bond motifs is 1. The Morgan fingerprint density at radius 2 is 1.93 bits per heavy atom. The van der Waals surface area contributed by atoms with E-state index in [1.54, 1.807) is 31.4 Å². The molecule has 1 aromatic heterocycles. The van der Waals surface area contributed by atoms with Crippen molar-refractivity contribution in [3.05, 3.63) is 60.0 Å². The summed E-state index contributed by atoms with van der Waals surface area (Å²) in [7, 11) is 1.60. The lowest BCUT2D eigenvalue weighted by Crippen LogP contribution is -2.14. The second-order valence-corrected chi connectivity index (χ2v) is 6.14. The van der Waals surface area contributed by atoms with Gasteiger partial charge < -0.3 is 24.8 Å². The van der Waals surface area contributed by atoms with Crippen LogP contribution in [0.15, 0.2) is 48.8 Å². The molecule has 0 atom stereocenters. The lowest BCUT2D eigenvalue weighted by atomic mass is 10.2. The number of anilines is 3. The lowest BCUT2D eigenvalue weighted by molar-refractivity contribution is 0.102. The second-order valence-electron chi connectivity index (χ2n) is 6.14. The van der Waals surface area contributed by atoms with E-state index in [0.29, 0.717) is 28.8 Å². The van der Waals surface area contributed by atoms with Crippen molar-refractivity contribution < 1.29 is 19.0 Å². The summed E-state index contributed by atoms with van der Waals surface area (Å²) in [6.45, 7) is 2.16. The predicted octanol–water partition coefficient (Wildman–Crippen LogP) is 3.52. The molecule has 1 amide bonds. The summed E-state index contributed by atoms with van der Waals surface area (Å²) in [5.41, 5.74) is 2.63. The fourth-order valence-corrected chi connectivity index (χ4v) is 2.78. The Bertz CT molecular complexity index is 1040. The number of nitrogens with one attached hydrogen (secondary N) is 2. The number of carbonyl (C=O) groups is 1. The standard InChI is InChI=1S/C20H18N4O4/c1-12-3-5-16(26-2)14(7-12)24-19-9-15(21-10-22-19)20(25)23-13-4-6-17-18(8-13)28-11-27-17/h3-10H,11H2,1-2H3,(H,23,25)(H,21,22,24). The van der Waals surface area contributed by atoms with E-state index in [-0.39, 0.29) is 18.4 Å². The second kappa shape index (κ2) is 7.43. The highest BCUT2D eigenvalue weighted by molar-refractivity contribution is 6.03. The van der Waals surface area contributed by atoms with Crippen LogP contribution in [0.5, 0.6) is 17.2 Å². The highest BCUT2D eigenvalue weighted by atomic mass is 16.7. The molecule has 3 aromatic rings. The summed E-state index contributed by atoms with van der Waals surface area (Å²) < 4.78 is 15.9. The molecule has 0 saturated heterocycles. The molecule has 0 unspecified atom stereocenters. The number of carbonyl (C=O) groups excluding carboxylic acids is 1. The van der Waals surface area contributed by atoms with Crippen molar-refractivity contribution in [2.75, 3.05) is 24.5 Å². The minimum atomic E-state index is -0.361. The summed E-state index contributed by atoms with van der Waals surface area (Å²) in [4.78, 5) is 20.8. The fraction of sp³-hybridized carbons (Fsp3) is 0.150. The van der Waals surface area contributed by atoms with Crippen molar-refractivity contribution in [2.45, 2.75) is 6.92 Å². The fourth-order valence-electron chi connectivity index (χ4n) is 2.78. The van der Waals surface area contributed by atoms with Crippen molar-refractivity contribution in [3.63, 3.8) is 0 Å². The van der Waals surface area contributed by atoms with E-state index in [1.165, 1.54) is 6.33 Å². The number of rotatable bonds is 5. The van der Waals surface area contributed by atoms with Gasteiger partial charge in [-0.15, -0.1) is 0 Å². The van der Waals surface area contributed by atoms with Gasteiger partial charge in [-0.05, 0) is 36.8 Å². The van der Waals surface area contributed by atoms with E-state index in [9.17, 15) is 4.79 Å². The van der Waals surface area contributed by atoms with E-state index in [0.717, 1.165) is 11.3 Å². The summed E-state index contributed by atoms with van der Waals surface area (Å²) in [5.74, 6) is 2.04. The average Bonchev–Trinajstić information content (AvgIpc) is 3.16. The monoisotopic (exact) mass is 378 g/mol. The molecular weight excluding hydrogens is 360 g/mol. The molecule has 2 aromatic carbocycles. The van der Waals surface area contributed by atoms with Crippen molar-refractivity contribution in [3.8, 4) is 17.2 Å². The first-order valence-corrected chi connectivity index (χ1v) is 8.57. The van der Waals surface area contributed by atoms with Gasteiger partial charge in [0.05, 0.1) is 12.8 Å². The van der Waals surface area contributed by atoms with Crippen molar-refractivity contribution in [2.24, 2.45) is 0 Å². The molecule has 4 rings (SSSR count). The number of benzene rings is 2. The van der Waals surface area contributed by atoms with Gasteiger partial charge in [-0.3, -0.25) is 4.79 Å². The van der Waals surface area contributed by atoms with Crippen LogP contribution in [-0.4, -0.2) is 29.8 Å². The van der Waals surface area contributed by atoms with E-state index < -0.39 is 0 Å². The van der Waals surface area contributed by atoms with Crippen LogP contribution >= 0.6 is 0 Å². The maximum absolute atomic E-state index is 12.6. The zero-order valence-corrected chi connectivity index (χ0v) is 15.4. The molecule has 0 aliphatic carbocycles. The van der Waals surface area contributed by atoms with Gasteiger partial charge in [0.15, 0.2) is 11.5 Å². The third kappa shape index (κ3) is 3.66. The number of amides is 1. The number of hydrogen-bond donors (Lipinski definition) is 2. The Labute approximate surface area is 161 Å². The first-order valence-electron chi connectivity index (χ1n) is 8.57. The molecule has 2 N–H and O–H groups in total. The van der Waals surface area contributed by atoms with E-state index in [2.05, 4.69) is 20.6 Å². The van der Waals surface area contributed by atoms with Gasteiger partial charge in [0.25, 0.3) is 5.91 Å². The smallest absolute Gasteiger partial charge is 0.274 e. The van der Waals surface area contributed by atoms with Crippen LogP contribution in [0.2, 0.25) is 0 Å². The zero-order valence-electron chi connectivity index (χ0n) is 15.4. The summed E-state index contributed by atoms with van der Waals surface area (Å²) in [6.07, 6.45) is 1.33. The largest absolute Gasteiger partial charge is 0.495 e. The van der Waals surface area contributed by atoms with Crippen LogP contribution in [0.25, 0.3) is 0 Å². The topological polar surface area (TPSA) is 94.6 Å². The highest BCUT2D eigenvalue weighted by Gasteiger charge is 2.16. The van der Waals surface area contributed by atoms with Gasteiger partial charge in [-0.1, -0.05) is 6.07 Å². The Morgan fingerprint density at radius 1 is 1.07 bits per heavy atom. The first-order chi connectivity index (χ1) is 13.6. The van der Waals surface area contributed by atoms with Gasteiger partial charge in [0, 0.05) is 17.8 Å². The van der Waals surface area contributed by atoms with Crippen LogP contribution in [-0.2, 0) is 0 Å². The molecule has 8 nitrogen and oxygen atoms in total. The molecule has 142 valence electrons. The third-order valence-corrected chi connectivity index (χ3v) is 4.15. The maximum atomic E-state index is 12.6. The number of aryl methyl sites for hydroxylation is 1. The maximum Gasteiger partial charge on any atom is 0.274 e. The van der Waals surface area contributed by atoms with Gasteiger partial charge in [0.2, 0.25) is 6.79 Å². The van der Waals surface area contributed by atoms with Crippen LogP contribution in [0.4, 0.5) is 17.2 Å². The Kier molecular flexibility index (Phi) is 4.67. The third-order valence-electron chi connectivity index (χ3n) is 4.15.